The van der Waals surface area contributed by atoms with Crippen molar-refractivity contribution in [1.29, 1.82) is 0 Å². The van der Waals surface area contributed by atoms with Gasteiger partial charge >= 0.3 is 0 Å². The van der Waals surface area contributed by atoms with Crippen molar-refractivity contribution in [1.82, 2.24) is 5.32 Å². The highest BCUT2D eigenvalue weighted by Crippen LogP contribution is 2.46. The Labute approximate surface area is 146 Å². The molecular weight excluding hydrogens is 337 g/mol. The standard InChI is InChI=1S/C17H18ClNO3.ClH/c1-9-12-6-7-19-8-13(10-2-4-11(20)5-3-10)14(12)15(18)17(22)16(9)21;/h2-5,13,19-22H,6-8H2,1H3;1H. The highest BCUT2D eigenvalue weighted by Gasteiger charge is 2.28. The number of aromatic hydroxyl groups is 3. The van der Waals surface area contributed by atoms with E-state index in [9.17, 15) is 15.3 Å². The summed E-state index contributed by atoms with van der Waals surface area (Å²) in [6, 6.07) is 6.99. The lowest BCUT2D eigenvalue weighted by atomic mass is 9.85. The molecule has 0 saturated heterocycles. The molecule has 2 aromatic carbocycles. The fourth-order valence-corrected chi connectivity index (χ4v) is 3.46. The second kappa shape index (κ2) is 6.87. The molecule has 6 heteroatoms. The largest absolute Gasteiger partial charge is 0.508 e. The lowest BCUT2D eigenvalue weighted by Crippen LogP contribution is -2.21. The molecule has 4 nitrogen and oxygen atoms in total. The Hall–Kier alpha value is -1.62. The molecule has 2 aromatic rings. The molecule has 1 heterocycles. The monoisotopic (exact) mass is 355 g/mol. The van der Waals surface area contributed by atoms with Crippen LogP contribution in [0.3, 0.4) is 0 Å². The van der Waals surface area contributed by atoms with Crippen LogP contribution in [0.4, 0.5) is 0 Å². The quantitative estimate of drug-likeness (QED) is 0.591. The second-order valence-electron chi connectivity index (χ2n) is 5.63. The molecular formula is C17H19Cl2NO3. The van der Waals surface area contributed by atoms with Gasteiger partial charge in [0.05, 0.1) is 5.02 Å². The summed E-state index contributed by atoms with van der Waals surface area (Å²) in [6.45, 7) is 3.26. The molecule has 124 valence electrons. The van der Waals surface area contributed by atoms with Crippen LogP contribution in [0.25, 0.3) is 0 Å². The number of hydrogen-bond donors (Lipinski definition) is 4. The van der Waals surface area contributed by atoms with Gasteiger partial charge in [-0.2, -0.15) is 0 Å². The molecule has 23 heavy (non-hydrogen) atoms. The fourth-order valence-electron chi connectivity index (χ4n) is 3.12. The zero-order valence-electron chi connectivity index (χ0n) is 12.6. The predicted molar refractivity (Wildman–Crippen MR) is 93.3 cm³/mol. The van der Waals surface area contributed by atoms with Crippen molar-refractivity contribution in [2.24, 2.45) is 0 Å². The summed E-state index contributed by atoms with van der Waals surface area (Å²) in [5.74, 6) is -0.240. The van der Waals surface area contributed by atoms with E-state index in [4.69, 9.17) is 11.6 Å². The molecule has 1 unspecified atom stereocenters. The second-order valence-corrected chi connectivity index (χ2v) is 6.00. The van der Waals surface area contributed by atoms with Crippen LogP contribution >= 0.6 is 24.0 Å². The van der Waals surface area contributed by atoms with Crippen molar-refractivity contribution < 1.29 is 15.3 Å². The molecule has 0 fully saturated rings. The zero-order valence-corrected chi connectivity index (χ0v) is 14.2. The number of phenols is 3. The third kappa shape index (κ3) is 3.07. The molecule has 1 aliphatic heterocycles. The van der Waals surface area contributed by atoms with E-state index in [-0.39, 0.29) is 40.6 Å². The van der Waals surface area contributed by atoms with E-state index < -0.39 is 0 Å². The first-order valence-electron chi connectivity index (χ1n) is 7.23. The summed E-state index contributed by atoms with van der Waals surface area (Å²) in [5, 5.41) is 33.2. The van der Waals surface area contributed by atoms with E-state index in [1.165, 1.54) is 0 Å². The van der Waals surface area contributed by atoms with Crippen molar-refractivity contribution in [3.63, 3.8) is 0 Å². The Balaban J connectivity index is 0.00000192. The van der Waals surface area contributed by atoms with Gasteiger partial charge in [-0.05, 0) is 54.3 Å². The van der Waals surface area contributed by atoms with E-state index in [2.05, 4.69) is 5.32 Å². The minimum Gasteiger partial charge on any atom is -0.508 e. The normalized spacial score (nSPS) is 17.0. The Kier molecular flexibility index (Phi) is 5.30. The summed E-state index contributed by atoms with van der Waals surface area (Å²) in [7, 11) is 0. The van der Waals surface area contributed by atoms with Gasteiger partial charge in [0.15, 0.2) is 11.5 Å². The van der Waals surface area contributed by atoms with Crippen LogP contribution in [0.2, 0.25) is 5.02 Å². The Morgan fingerprint density at radius 2 is 1.74 bits per heavy atom. The molecule has 4 N–H and O–H groups in total. The Morgan fingerprint density at radius 3 is 2.39 bits per heavy atom. The maximum absolute atomic E-state index is 10.1. The van der Waals surface area contributed by atoms with Crippen LogP contribution in [-0.4, -0.2) is 28.4 Å². The van der Waals surface area contributed by atoms with Gasteiger partial charge in [-0.1, -0.05) is 23.7 Å². The van der Waals surface area contributed by atoms with Gasteiger partial charge in [-0.15, -0.1) is 12.4 Å². The van der Waals surface area contributed by atoms with Gasteiger partial charge in [0.2, 0.25) is 0 Å². The van der Waals surface area contributed by atoms with Crippen molar-refractivity contribution >= 4 is 24.0 Å². The van der Waals surface area contributed by atoms with E-state index in [0.29, 0.717) is 12.1 Å². The van der Waals surface area contributed by atoms with Gasteiger partial charge in [0.1, 0.15) is 5.75 Å². The summed E-state index contributed by atoms with van der Waals surface area (Å²) in [5.41, 5.74) is 3.50. The summed E-state index contributed by atoms with van der Waals surface area (Å²) < 4.78 is 0. The molecule has 0 spiro atoms. The van der Waals surface area contributed by atoms with Gasteiger partial charge in [-0.3, -0.25) is 0 Å². The molecule has 0 aliphatic carbocycles. The lowest BCUT2D eigenvalue weighted by molar-refractivity contribution is 0.400. The van der Waals surface area contributed by atoms with Crippen LogP contribution in [0, 0.1) is 6.92 Å². The van der Waals surface area contributed by atoms with E-state index in [1.807, 2.05) is 12.1 Å². The zero-order chi connectivity index (χ0) is 15.9. The molecule has 0 saturated carbocycles. The minimum atomic E-state index is -0.261. The maximum Gasteiger partial charge on any atom is 0.177 e. The third-order valence-electron chi connectivity index (χ3n) is 4.35. The highest BCUT2D eigenvalue weighted by molar-refractivity contribution is 6.33. The van der Waals surface area contributed by atoms with Gasteiger partial charge in [0.25, 0.3) is 0 Å². The maximum atomic E-state index is 10.1. The SMILES string of the molecule is Cc1c(O)c(O)c(Cl)c2c1CCNCC2c1ccc(O)cc1.Cl. The van der Waals surface area contributed by atoms with Crippen molar-refractivity contribution in [2.45, 2.75) is 19.3 Å². The number of benzene rings is 2. The van der Waals surface area contributed by atoms with Gasteiger partial charge in [-0.25, -0.2) is 0 Å². The number of hydrogen-bond acceptors (Lipinski definition) is 4. The number of halogens is 2. The van der Waals surface area contributed by atoms with Crippen molar-refractivity contribution in [3.8, 4) is 17.2 Å². The predicted octanol–water partition coefficient (Wildman–Crippen LogP) is 3.46. The summed E-state index contributed by atoms with van der Waals surface area (Å²) in [4.78, 5) is 0. The summed E-state index contributed by atoms with van der Waals surface area (Å²) >= 11 is 6.35. The van der Waals surface area contributed by atoms with E-state index >= 15 is 0 Å². The third-order valence-corrected chi connectivity index (χ3v) is 4.73. The smallest absolute Gasteiger partial charge is 0.177 e. The number of nitrogens with one attached hydrogen (secondary N) is 1. The first-order chi connectivity index (χ1) is 10.5. The molecule has 1 atom stereocenters. The van der Waals surface area contributed by atoms with Crippen LogP contribution < -0.4 is 5.32 Å². The van der Waals surface area contributed by atoms with Crippen LogP contribution in [0.5, 0.6) is 17.2 Å². The topological polar surface area (TPSA) is 72.7 Å². The Morgan fingerprint density at radius 1 is 1.09 bits per heavy atom. The van der Waals surface area contributed by atoms with E-state index in [1.54, 1.807) is 19.1 Å². The first-order valence-corrected chi connectivity index (χ1v) is 7.61. The molecule has 1 aliphatic rings. The van der Waals surface area contributed by atoms with Crippen LogP contribution in [0.15, 0.2) is 24.3 Å². The van der Waals surface area contributed by atoms with E-state index in [0.717, 1.165) is 29.7 Å². The van der Waals surface area contributed by atoms with Crippen molar-refractivity contribution in [3.05, 3.63) is 51.5 Å². The number of fused-ring (bicyclic) bond motifs is 1. The molecule has 0 radical (unpaired) electrons. The minimum absolute atomic E-state index is 0. The molecule has 0 bridgehead atoms. The average molecular weight is 356 g/mol. The van der Waals surface area contributed by atoms with Gasteiger partial charge in [0, 0.05) is 12.5 Å². The lowest BCUT2D eigenvalue weighted by Gasteiger charge is -2.22. The molecule has 0 amide bonds. The highest BCUT2D eigenvalue weighted by atomic mass is 35.5. The first kappa shape index (κ1) is 17.7. The number of phenolic OH excluding ortho intramolecular Hbond substituents is 3. The van der Waals surface area contributed by atoms with Crippen molar-refractivity contribution in [2.75, 3.05) is 13.1 Å². The van der Waals surface area contributed by atoms with Crippen LogP contribution in [0.1, 0.15) is 28.2 Å². The number of rotatable bonds is 1. The molecule has 3 rings (SSSR count). The van der Waals surface area contributed by atoms with Gasteiger partial charge < -0.3 is 20.6 Å². The fraction of sp³-hybridized carbons (Fsp3) is 0.294. The Bertz CT molecular complexity index is 717. The average Bonchev–Trinajstić information content (AvgIpc) is 2.74. The molecule has 0 aromatic heterocycles. The van der Waals surface area contributed by atoms with Crippen LogP contribution in [-0.2, 0) is 6.42 Å². The summed E-state index contributed by atoms with van der Waals surface area (Å²) in [6.07, 6.45) is 0.739.